The number of hydrogen-bond acceptors (Lipinski definition) is 4. The third-order valence-corrected chi connectivity index (χ3v) is 6.01. The number of hydrogen-bond donors (Lipinski definition) is 2. The maximum absolute atomic E-state index is 14.3. The van der Waals surface area contributed by atoms with Crippen LogP contribution in [0.3, 0.4) is 0 Å². The largest absolute Gasteiger partial charge is 0.508 e. The molecule has 154 valence electrons. The summed E-state index contributed by atoms with van der Waals surface area (Å²) in [6.45, 7) is 3.11. The molecule has 3 nitrogen and oxygen atoms in total. The van der Waals surface area contributed by atoms with Crippen LogP contribution in [0.25, 0.3) is 10.9 Å². The van der Waals surface area contributed by atoms with E-state index in [1.807, 2.05) is 25.1 Å². The van der Waals surface area contributed by atoms with Crippen molar-refractivity contribution in [1.82, 2.24) is 4.98 Å². The van der Waals surface area contributed by atoms with Crippen molar-refractivity contribution in [3.63, 3.8) is 0 Å². The fraction of sp³-hybridized carbons (Fsp3) is 0.318. The molecule has 1 heterocycles. The molecule has 29 heavy (non-hydrogen) atoms. The third-order valence-electron chi connectivity index (χ3n) is 5.13. The number of phenolic OH excluding ortho intramolecular Hbond substituents is 1. The molecule has 0 aliphatic rings. The van der Waals surface area contributed by atoms with Gasteiger partial charge in [0, 0.05) is 22.5 Å². The number of halogens is 3. The standard InChI is InChI=1S/C22H23F3N2OS/c1-14-7-12-17-18(26-14)5-4-6-19(17)27-20(15-8-10-16(28)11-9-15)21(2,13-29-3)22(23,24)25/h4-12,20,27-28H,13H2,1-3H3. The van der Waals surface area contributed by atoms with Gasteiger partial charge in [-0.2, -0.15) is 24.9 Å². The van der Waals surface area contributed by atoms with Crippen LogP contribution in [0, 0.1) is 12.3 Å². The summed E-state index contributed by atoms with van der Waals surface area (Å²) in [6.07, 6.45) is -2.77. The van der Waals surface area contributed by atoms with Crippen LogP contribution in [0.4, 0.5) is 18.9 Å². The summed E-state index contributed by atoms with van der Waals surface area (Å²) >= 11 is 1.16. The van der Waals surface area contributed by atoms with Crippen LogP contribution in [0.1, 0.15) is 24.2 Å². The minimum absolute atomic E-state index is 0.0101. The predicted molar refractivity (Wildman–Crippen MR) is 113 cm³/mol. The first-order valence-electron chi connectivity index (χ1n) is 9.13. The fourth-order valence-corrected chi connectivity index (χ4v) is 4.37. The highest BCUT2D eigenvalue weighted by molar-refractivity contribution is 7.98. The van der Waals surface area contributed by atoms with Gasteiger partial charge in [0.1, 0.15) is 5.75 Å². The Morgan fingerprint density at radius 3 is 2.38 bits per heavy atom. The van der Waals surface area contributed by atoms with E-state index in [2.05, 4.69) is 10.3 Å². The van der Waals surface area contributed by atoms with Crippen molar-refractivity contribution in [3.8, 4) is 5.75 Å². The van der Waals surface area contributed by atoms with E-state index in [1.165, 1.54) is 31.2 Å². The first-order valence-corrected chi connectivity index (χ1v) is 10.5. The average Bonchev–Trinajstić information content (AvgIpc) is 2.66. The molecule has 0 saturated carbocycles. The number of nitrogens with one attached hydrogen (secondary N) is 1. The zero-order chi connectivity index (χ0) is 21.2. The Balaban J connectivity index is 2.15. The van der Waals surface area contributed by atoms with E-state index >= 15 is 0 Å². The van der Waals surface area contributed by atoms with Crippen molar-refractivity contribution in [2.24, 2.45) is 5.41 Å². The van der Waals surface area contributed by atoms with Gasteiger partial charge in [0.15, 0.2) is 0 Å². The van der Waals surface area contributed by atoms with Crippen molar-refractivity contribution < 1.29 is 18.3 Å². The summed E-state index contributed by atoms with van der Waals surface area (Å²) in [4.78, 5) is 4.48. The molecule has 0 saturated heterocycles. The number of thioether (sulfide) groups is 1. The maximum atomic E-state index is 14.3. The van der Waals surface area contributed by atoms with Gasteiger partial charge in [-0.15, -0.1) is 0 Å². The molecule has 0 aliphatic heterocycles. The molecule has 1 aromatic heterocycles. The summed E-state index contributed by atoms with van der Waals surface area (Å²) in [5.41, 5.74) is 0.563. The second kappa shape index (κ2) is 8.14. The monoisotopic (exact) mass is 420 g/mol. The number of pyridine rings is 1. The zero-order valence-corrected chi connectivity index (χ0v) is 17.2. The van der Waals surface area contributed by atoms with Crippen LogP contribution < -0.4 is 5.32 Å². The molecular weight excluding hydrogens is 397 g/mol. The number of benzene rings is 2. The van der Waals surface area contributed by atoms with E-state index < -0.39 is 17.6 Å². The molecule has 2 aromatic carbocycles. The number of aryl methyl sites for hydroxylation is 1. The Morgan fingerprint density at radius 1 is 1.07 bits per heavy atom. The normalized spacial score (nSPS) is 15.1. The minimum atomic E-state index is -4.44. The van der Waals surface area contributed by atoms with Crippen LogP contribution >= 0.6 is 11.8 Å². The summed E-state index contributed by atoms with van der Waals surface area (Å²) in [5, 5.41) is 13.5. The van der Waals surface area contributed by atoms with Crippen LogP contribution in [0.2, 0.25) is 0 Å². The molecular formula is C22H23F3N2OS. The van der Waals surface area contributed by atoms with Crippen molar-refractivity contribution in [2.45, 2.75) is 26.1 Å². The highest BCUT2D eigenvalue weighted by atomic mass is 32.2. The number of aromatic hydroxyl groups is 1. The van der Waals surface area contributed by atoms with Gasteiger partial charge in [-0.1, -0.05) is 18.2 Å². The summed E-state index contributed by atoms with van der Waals surface area (Å²) in [7, 11) is 0. The van der Waals surface area contributed by atoms with Gasteiger partial charge in [-0.3, -0.25) is 4.98 Å². The zero-order valence-electron chi connectivity index (χ0n) is 16.4. The van der Waals surface area contributed by atoms with Gasteiger partial charge in [0.05, 0.1) is 17.0 Å². The number of nitrogens with zero attached hydrogens (tertiary/aromatic N) is 1. The van der Waals surface area contributed by atoms with Gasteiger partial charge < -0.3 is 10.4 Å². The lowest BCUT2D eigenvalue weighted by molar-refractivity contribution is -0.215. The van der Waals surface area contributed by atoms with Gasteiger partial charge in [0.2, 0.25) is 0 Å². The second-order valence-electron chi connectivity index (χ2n) is 7.34. The van der Waals surface area contributed by atoms with E-state index in [1.54, 1.807) is 18.4 Å². The van der Waals surface area contributed by atoms with Crippen LogP contribution in [-0.4, -0.2) is 28.3 Å². The van der Waals surface area contributed by atoms with Gasteiger partial charge in [-0.25, -0.2) is 0 Å². The quantitative estimate of drug-likeness (QED) is 0.489. The number of phenols is 1. The molecule has 0 radical (unpaired) electrons. The molecule has 2 unspecified atom stereocenters. The SMILES string of the molecule is CSCC(C)(C(Nc1cccc2nc(C)ccc12)c1ccc(O)cc1)C(F)(F)F. The van der Waals surface area contributed by atoms with E-state index in [4.69, 9.17) is 0 Å². The molecule has 2 N–H and O–H groups in total. The topological polar surface area (TPSA) is 45.2 Å². The smallest absolute Gasteiger partial charge is 0.397 e. The second-order valence-corrected chi connectivity index (χ2v) is 8.21. The highest BCUT2D eigenvalue weighted by Gasteiger charge is 2.56. The number of rotatable bonds is 6. The first-order chi connectivity index (χ1) is 13.7. The molecule has 3 rings (SSSR count). The highest BCUT2D eigenvalue weighted by Crippen LogP contribution is 2.50. The molecule has 0 fully saturated rings. The molecule has 3 aromatic rings. The molecule has 0 amide bonds. The number of anilines is 1. The number of aromatic nitrogens is 1. The summed E-state index contributed by atoms with van der Waals surface area (Å²) in [5.74, 6) is -0.104. The Hall–Kier alpha value is -2.41. The van der Waals surface area contributed by atoms with Gasteiger partial charge >= 0.3 is 6.18 Å². The van der Waals surface area contributed by atoms with Crippen LogP contribution in [-0.2, 0) is 0 Å². The van der Waals surface area contributed by atoms with Gasteiger partial charge in [0.25, 0.3) is 0 Å². The van der Waals surface area contributed by atoms with Gasteiger partial charge in [-0.05, 0) is 62.1 Å². The van der Waals surface area contributed by atoms with E-state index in [-0.39, 0.29) is 11.5 Å². The molecule has 2 atom stereocenters. The maximum Gasteiger partial charge on any atom is 0.397 e. The summed E-state index contributed by atoms with van der Waals surface area (Å²) in [6, 6.07) is 13.9. The Bertz CT molecular complexity index is 992. The number of fused-ring (bicyclic) bond motifs is 1. The number of alkyl halides is 3. The fourth-order valence-electron chi connectivity index (χ4n) is 3.44. The van der Waals surface area contributed by atoms with Crippen LogP contribution in [0.5, 0.6) is 5.75 Å². The Morgan fingerprint density at radius 2 is 1.76 bits per heavy atom. The van der Waals surface area contributed by atoms with Crippen molar-refractivity contribution >= 4 is 28.4 Å². The first kappa shape index (κ1) is 21.3. The molecule has 0 spiro atoms. The lowest BCUT2D eigenvalue weighted by Gasteiger charge is -2.40. The van der Waals surface area contributed by atoms with E-state index in [9.17, 15) is 18.3 Å². The summed E-state index contributed by atoms with van der Waals surface area (Å²) < 4.78 is 42.8. The average molecular weight is 421 g/mol. The van der Waals surface area contributed by atoms with Crippen LogP contribution in [0.15, 0.2) is 54.6 Å². The Kier molecular flexibility index (Phi) is 5.98. The minimum Gasteiger partial charge on any atom is -0.508 e. The molecule has 7 heteroatoms. The van der Waals surface area contributed by atoms with E-state index in [0.717, 1.165) is 28.4 Å². The van der Waals surface area contributed by atoms with Crippen molar-refractivity contribution in [1.29, 1.82) is 0 Å². The molecule has 0 aliphatic carbocycles. The lowest BCUT2D eigenvalue weighted by atomic mass is 9.79. The van der Waals surface area contributed by atoms with E-state index in [0.29, 0.717) is 11.3 Å². The lowest BCUT2D eigenvalue weighted by Crippen LogP contribution is -2.45. The van der Waals surface area contributed by atoms with Crippen molar-refractivity contribution in [2.75, 3.05) is 17.3 Å². The Labute approximate surface area is 172 Å². The third kappa shape index (κ3) is 4.29. The molecule has 0 bridgehead atoms. The predicted octanol–water partition coefficient (Wildman–Crippen LogP) is 6.33. The van der Waals surface area contributed by atoms with Crippen molar-refractivity contribution in [3.05, 3.63) is 65.9 Å².